The standard InChI is InChI=1S/C20H23N3O3S/c1-4-22(13-15-8-6-5-7-9-15)14-23-20(27)26-19(21-23)17-11-10-16(24-2)12-18(17)25-3/h5-12H,4,13-14H2,1-3H3/p+1. The summed E-state index contributed by atoms with van der Waals surface area (Å²) in [7, 11) is 3.22. The summed E-state index contributed by atoms with van der Waals surface area (Å²) in [6, 6.07) is 15.9. The van der Waals surface area contributed by atoms with Gasteiger partial charge in [0.2, 0.25) is 0 Å². The van der Waals surface area contributed by atoms with Crippen molar-refractivity contribution in [1.82, 2.24) is 9.78 Å². The quantitative estimate of drug-likeness (QED) is 0.603. The summed E-state index contributed by atoms with van der Waals surface area (Å²) in [5, 5.41) is 4.58. The van der Waals surface area contributed by atoms with Gasteiger partial charge in [-0.2, -0.15) is 4.68 Å². The van der Waals surface area contributed by atoms with Crippen molar-refractivity contribution in [2.24, 2.45) is 0 Å². The smallest absolute Gasteiger partial charge is 0.292 e. The van der Waals surface area contributed by atoms with Crippen LogP contribution in [0.25, 0.3) is 11.5 Å². The van der Waals surface area contributed by atoms with Crippen LogP contribution in [0.15, 0.2) is 52.9 Å². The molecule has 0 spiro atoms. The Morgan fingerprint density at radius 1 is 1.11 bits per heavy atom. The van der Waals surface area contributed by atoms with E-state index in [1.54, 1.807) is 25.0 Å². The summed E-state index contributed by atoms with van der Waals surface area (Å²) in [6.45, 7) is 4.62. The summed E-state index contributed by atoms with van der Waals surface area (Å²) in [5.41, 5.74) is 2.02. The zero-order valence-electron chi connectivity index (χ0n) is 15.8. The highest BCUT2D eigenvalue weighted by Gasteiger charge is 2.17. The number of benzene rings is 2. The molecule has 3 rings (SSSR count). The van der Waals surface area contributed by atoms with Crippen molar-refractivity contribution >= 4 is 12.2 Å². The summed E-state index contributed by atoms with van der Waals surface area (Å²) < 4.78 is 18.2. The van der Waals surface area contributed by atoms with Crippen molar-refractivity contribution in [3.05, 3.63) is 58.9 Å². The fourth-order valence-corrected chi connectivity index (χ4v) is 3.06. The highest BCUT2D eigenvalue weighted by Crippen LogP contribution is 2.32. The molecule has 0 aliphatic carbocycles. The number of hydrogen-bond acceptors (Lipinski definition) is 5. The van der Waals surface area contributed by atoms with Gasteiger partial charge >= 0.3 is 0 Å². The second kappa shape index (κ2) is 8.83. The number of rotatable bonds is 8. The van der Waals surface area contributed by atoms with Crippen molar-refractivity contribution in [3.63, 3.8) is 0 Å². The lowest BCUT2D eigenvalue weighted by molar-refractivity contribution is -0.935. The normalized spacial score (nSPS) is 12.0. The molecule has 27 heavy (non-hydrogen) atoms. The monoisotopic (exact) mass is 386 g/mol. The number of aromatic nitrogens is 2. The molecule has 0 saturated carbocycles. The van der Waals surface area contributed by atoms with Crippen LogP contribution in [0.1, 0.15) is 12.5 Å². The van der Waals surface area contributed by atoms with E-state index in [4.69, 9.17) is 26.1 Å². The molecule has 1 N–H and O–H groups in total. The second-order valence-corrected chi connectivity index (χ2v) is 6.51. The van der Waals surface area contributed by atoms with Gasteiger partial charge in [0.15, 0.2) is 6.67 Å². The van der Waals surface area contributed by atoms with Crippen LogP contribution in [-0.2, 0) is 13.2 Å². The van der Waals surface area contributed by atoms with Gasteiger partial charge in [-0.05, 0) is 31.3 Å². The van der Waals surface area contributed by atoms with Crippen LogP contribution >= 0.6 is 12.2 Å². The fraction of sp³-hybridized carbons (Fsp3) is 0.300. The minimum atomic E-state index is 0.349. The highest BCUT2D eigenvalue weighted by molar-refractivity contribution is 7.71. The third kappa shape index (κ3) is 4.56. The van der Waals surface area contributed by atoms with Gasteiger partial charge in [0.05, 0.1) is 26.3 Å². The predicted molar refractivity (Wildman–Crippen MR) is 106 cm³/mol. The number of nitrogens with zero attached hydrogens (tertiary/aromatic N) is 2. The van der Waals surface area contributed by atoms with Crippen LogP contribution in [0.5, 0.6) is 11.5 Å². The van der Waals surface area contributed by atoms with E-state index in [1.807, 2.05) is 18.2 Å². The van der Waals surface area contributed by atoms with E-state index in [2.05, 4.69) is 36.3 Å². The molecule has 6 nitrogen and oxygen atoms in total. The lowest BCUT2D eigenvalue weighted by atomic mass is 10.2. The third-order valence-electron chi connectivity index (χ3n) is 4.42. The van der Waals surface area contributed by atoms with Gasteiger partial charge in [-0.1, -0.05) is 30.3 Å². The summed E-state index contributed by atoms with van der Waals surface area (Å²) in [5.74, 6) is 1.77. The van der Waals surface area contributed by atoms with Crippen LogP contribution in [0.2, 0.25) is 0 Å². The van der Waals surface area contributed by atoms with E-state index in [1.165, 1.54) is 10.5 Å². The molecule has 0 aliphatic rings. The molecule has 0 saturated heterocycles. The Balaban J connectivity index is 1.83. The molecule has 2 aromatic carbocycles. The van der Waals surface area contributed by atoms with E-state index in [0.717, 1.165) is 18.7 Å². The van der Waals surface area contributed by atoms with E-state index >= 15 is 0 Å². The van der Waals surface area contributed by atoms with Gasteiger partial charge in [-0.15, -0.1) is 5.10 Å². The Kier molecular flexibility index (Phi) is 6.26. The Morgan fingerprint density at radius 3 is 2.56 bits per heavy atom. The molecular formula is C20H24N3O3S+. The largest absolute Gasteiger partial charge is 0.497 e. The SMILES string of the molecule is CC[NH+](Cc1ccccc1)Cn1nc(-c2ccc(OC)cc2OC)oc1=S. The minimum Gasteiger partial charge on any atom is -0.497 e. The molecule has 0 fully saturated rings. The van der Waals surface area contributed by atoms with Gasteiger partial charge in [-0.25, -0.2) is 0 Å². The molecule has 0 radical (unpaired) electrons. The minimum absolute atomic E-state index is 0.349. The van der Waals surface area contributed by atoms with Gasteiger partial charge in [0, 0.05) is 11.6 Å². The molecule has 1 unspecified atom stereocenters. The topological polar surface area (TPSA) is 53.9 Å². The fourth-order valence-electron chi connectivity index (χ4n) is 2.88. The van der Waals surface area contributed by atoms with Crippen LogP contribution in [-0.4, -0.2) is 30.5 Å². The third-order valence-corrected chi connectivity index (χ3v) is 4.71. The molecule has 3 aromatic rings. The average Bonchev–Trinajstić information content (AvgIpc) is 3.07. The maximum atomic E-state index is 5.74. The zero-order valence-corrected chi connectivity index (χ0v) is 16.6. The van der Waals surface area contributed by atoms with Crippen LogP contribution < -0.4 is 14.4 Å². The zero-order chi connectivity index (χ0) is 19.2. The summed E-state index contributed by atoms with van der Waals surface area (Å²) in [4.78, 5) is 1.68. The Hall–Kier alpha value is -2.64. The maximum Gasteiger partial charge on any atom is 0.292 e. The first kappa shape index (κ1) is 19.1. The Bertz CT molecular complexity index is 937. The lowest BCUT2D eigenvalue weighted by Crippen LogP contribution is -3.09. The number of methoxy groups -OCH3 is 2. The Morgan fingerprint density at radius 2 is 1.89 bits per heavy atom. The van der Waals surface area contributed by atoms with Crippen molar-refractivity contribution in [3.8, 4) is 23.0 Å². The van der Waals surface area contributed by atoms with E-state index in [0.29, 0.717) is 28.9 Å². The van der Waals surface area contributed by atoms with Crippen LogP contribution in [0.4, 0.5) is 0 Å². The van der Waals surface area contributed by atoms with E-state index in [9.17, 15) is 0 Å². The van der Waals surface area contributed by atoms with Gasteiger partial charge < -0.3 is 18.8 Å². The average molecular weight is 386 g/mol. The molecule has 0 amide bonds. The molecule has 0 bridgehead atoms. The molecule has 1 aromatic heterocycles. The number of nitrogens with one attached hydrogen (secondary N) is 1. The van der Waals surface area contributed by atoms with Gasteiger partial charge in [0.25, 0.3) is 10.7 Å². The second-order valence-electron chi connectivity index (χ2n) is 6.16. The van der Waals surface area contributed by atoms with Crippen molar-refractivity contribution < 1.29 is 18.8 Å². The number of ether oxygens (including phenoxy) is 2. The maximum absolute atomic E-state index is 5.74. The molecule has 1 heterocycles. The van der Waals surface area contributed by atoms with Crippen molar-refractivity contribution in [2.75, 3.05) is 20.8 Å². The van der Waals surface area contributed by atoms with Crippen molar-refractivity contribution in [1.29, 1.82) is 0 Å². The lowest BCUT2D eigenvalue weighted by Gasteiger charge is -2.16. The molecule has 0 aliphatic heterocycles. The number of quaternary nitrogens is 1. The highest BCUT2D eigenvalue weighted by atomic mass is 32.1. The molecule has 142 valence electrons. The van der Waals surface area contributed by atoms with Gasteiger partial charge in [-0.3, -0.25) is 0 Å². The first-order valence-electron chi connectivity index (χ1n) is 8.82. The molecule has 7 heteroatoms. The van der Waals surface area contributed by atoms with E-state index < -0.39 is 0 Å². The Labute approximate surface area is 163 Å². The first-order valence-corrected chi connectivity index (χ1v) is 9.23. The van der Waals surface area contributed by atoms with Crippen molar-refractivity contribution in [2.45, 2.75) is 20.1 Å². The van der Waals surface area contributed by atoms with Crippen LogP contribution in [0.3, 0.4) is 0 Å². The van der Waals surface area contributed by atoms with E-state index in [-0.39, 0.29) is 0 Å². The number of hydrogen-bond donors (Lipinski definition) is 1. The summed E-state index contributed by atoms with van der Waals surface area (Å²) in [6.07, 6.45) is 0. The van der Waals surface area contributed by atoms with Crippen LogP contribution in [0, 0.1) is 4.84 Å². The first-order chi connectivity index (χ1) is 13.1. The van der Waals surface area contributed by atoms with Gasteiger partial charge in [0.1, 0.15) is 18.0 Å². The molecule has 1 atom stereocenters. The predicted octanol–water partition coefficient (Wildman–Crippen LogP) is 2.95. The molecular weight excluding hydrogens is 362 g/mol. The summed E-state index contributed by atoms with van der Waals surface area (Å²) >= 11 is 5.39.